The van der Waals surface area contributed by atoms with Gasteiger partial charge in [-0.25, -0.2) is 0 Å². The molecule has 1 saturated heterocycles. The first kappa shape index (κ1) is 27.4. The Balaban J connectivity index is 1.45. The molecule has 0 bridgehead atoms. The summed E-state index contributed by atoms with van der Waals surface area (Å²) in [6.45, 7) is 7.70. The summed E-state index contributed by atoms with van der Waals surface area (Å²) < 4.78 is 4.29. The van der Waals surface area contributed by atoms with Gasteiger partial charge in [0.1, 0.15) is 0 Å². The average molecular weight is 571 g/mol. The highest BCUT2D eigenvalue weighted by Crippen LogP contribution is 2.39. The van der Waals surface area contributed by atoms with E-state index in [4.69, 9.17) is 4.99 Å². The number of rotatable bonds is 10. The number of nitrogens with zero attached hydrogens (tertiary/aromatic N) is 2. The lowest BCUT2D eigenvalue weighted by Crippen LogP contribution is -2.45. The third kappa shape index (κ3) is 6.62. The van der Waals surface area contributed by atoms with Crippen LogP contribution in [0.3, 0.4) is 0 Å². The Bertz CT molecular complexity index is 1030. The molecule has 2 aromatic carbocycles. The summed E-state index contributed by atoms with van der Waals surface area (Å²) in [7, 11) is 0. The van der Waals surface area contributed by atoms with Crippen LogP contribution < -0.4 is 4.72 Å². The Labute approximate surface area is 230 Å². The molecule has 1 N–H and O–H groups in total. The zero-order valence-corrected chi connectivity index (χ0v) is 24.2. The Morgan fingerprint density at radius 1 is 1.17 bits per heavy atom. The number of carbonyl (C=O) groups excluding carboxylic acids is 1. The number of amides is 1. The highest BCUT2D eigenvalue weighted by molar-refractivity contribution is 9.10. The molecule has 1 saturated carbocycles. The molecule has 1 amide bonds. The van der Waals surface area contributed by atoms with Crippen molar-refractivity contribution in [1.29, 1.82) is 0 Å². The lowest BCUT2D eigenvalue weighted by atomic mass is 9.70. The molecule has 2 aromatic rings. The van der Waals surface area contributed by atoms with Gasteiger partial charge in [0.15, 0.2) is 0 Å². The number of halogens is 1. The SMILES string of the molecule is CCCC1CCCC1=NCCC1(c2ccccc2)CCN(C(=O)c2ccc(Br)c(SNCC)c2)CC1. The van der Waals surface area contributed by atoms with Crippen LogP contribution in [0.15, 0.2) is 62.9 Å². The van der Waals surface area contributed by atoms with Gasteiger partial charge >= 0.3 is 0 Å². The first-order valence-corrected chi connectivity index (χ1v) is 15.2. The molecule has 4 rings (SSSR count). The molecule has 0 radical (unpaired) electrons. The summed E-state index contributed by atoms with van der Waals surface area (Å²) >= 11 is 5.18. The van der Waals surface area contributed by atoms with Gasteiger partial charge in [-0.1, -0.05) is 50.6 Å². The number of benzene rings is 2. The van der Waals surface area contributed by atoms with Crippen molar-refractivity contribution in [3.05, 3.63) is 64.1 Å². The molecule has 0 aromatic heterocycles. The van der Waals surface area contributed by atoms with Crippen molar-refractivity contribution in [2.45, 2.75) is 75.5 Å². The number of nitrogens with one attached hydrogen (secondary N) is 1. The molecule has 0 spiro atoms. The second kappa shape index (κ2) is 13.3. The van der Waals surface area contributed by atoms with E-state index < -0.39 is 0 Å². The Morgan fingerprint density at radius 3 is 2.67 bits per heavy atom. The zero-order valence-electron chi connectivity index (χ0n) is 21.8. The Hall–Kier alpha value is -1.63. The van der Waals surface area contributed by atoms with E-state index in [9.17, 15) is 4.79 Å². The molecule has 2 fully saturated rings. The molecule has 1 aliphatic carbocycles. The van der Waals surface area contributed by atoms with Crippen LogP contribution in [0.5, 0.6) is 0 Å². The monoisotopic (exact) mass is 569 g/mol. The number of piperidine rings is 1. The maximum atomic E-state index is 13.4. The molecular weight excluding hydrogens is 530 g/mol. The third-order valence-corrected chi connectivity index (χ3v) is 9.84. The first-order chi connectivity index (χ1) is 17.6. The Morgan fingerprint density at radius 2 is 1.94 bits per heavy atom. The second-order valence-corrected chi connectivity index (χ2v) is 12.0. The van der Waals surface area contributed by atoms with E-state index in [-0.39, 0.29) is 11.3 Å². The minimum Gasteiger partial charge on any atom is -0.339 e. The zero-order chi connectivity index (χ0) is 25.4. The van der Waals surface area contributed by atoms with Crippen molar-refractivity contribution in [2.75, 3.05) is 26.2 Å². The molecule has 1 aliphatic heterocycles. The quantitative estimate of drug-likeness (QED) is 0.298. The minimum absolute atomic E-state index is 0.0900. The predicted molar refractivity (Wildman–Crippen MR) is 156 cm³/mol. The standard InChI is InChI=1S/C30H40BrN3OS/c1-3-9-23-10-8-13-27(23)32-19-16-30(25-11-6-5-7-12-25)17-20-34(21-18-30)29(35)24-14-15-26(31)28(22-24)36-33-4-2/h5-7,11-12,14-15,22-23,33H,3-4,8-10,13,16-21H2,1-2H3. The number of hydrogen-bond donors (Lipinski definition) is 1. The van der Waals surface area contributed by atoms with Crippen LogP contribution in [0.2, 0.25) is 0 Å². The number of likely N-dealkylation sites (tertiary alicyclic amines) is 1. The summed E-state index contributed by atoms with van der Waals surface area (Å²) in [6.07, 6.45) is 9.37. The summed E-state index contributed by atoms with van der Waals surface area (Å²) in [6, 6.07) is 16.9. The molecule has 2 aliphatic rings. The van der Waals surface area contributed by atoms with E-state index in [1.165, 1.54) is 43.4 Å². The second-order valence-electron chi connectivity index (χ2n) is 10.2. The first-order valence-electron chi connectivity index (χ1n) is 13.6. The highest BCUT2D eigenvalue weighted by Gasteiger charge is 2.37. The van der Waals surface area contributed by atoms with Crippen molar-refractivity contribution in [3.8, 4) is 0 Å². The van der Waals surface area contributed by atoms with Crippen LogP contribution in [-0.4, -0.2) is 42.7 Å². The fraction of sp³-hybridized carbons (Fsp3) is 0.533. The summed E-state index contributed by atoms with van der Waals surface area (Å²) in [5.74, 6) is 0.847. The number of hydrogen-bond acceptors (Lipinski definition) is 4. The smallest absolute Gasteiger partial charge is 0.253 e. The molecule has 1 heterocycles. The normalized spacial score (nSPS) is 20.7. The topological polar surface area (TPSA) is 44.7 Å². The molecule has 4 nitrogen and oxygen atoms in total. The number of aliphatic imine (C=N–C) groups is 1. The van der Waals surface area contributed by atoms with E-state index in [1.807, 2.05) is 23.1 Å². The van der Waals surface area contributed by atoms with Gasteiger partial charge in [-0.3, -0.25) is 14.5 Å². The van der Waals surface area contributed by atoms with E-state index in [2.05, 4.69) is 64.8 Å². The van der Waals surface area contributed by atoms with Crippen LogP contribution >= 0.6 is 27.9 Å². The van der Waals surface area contributed by atoms with Crippen molar-refractivity contribution in [3.63, 3.8) is 0 Å². The maximum Gasteiger partial charge on any atom is 0.253 e. The van der Waals surface area contributed by atoms with Crippen LogP contribution in [0.1, 0.15) is 81.1 Å². The summed E-state index contributed by atoms with van der Waals surface area (Å²) in [5.41, 5.74) is 3.73. The van der Waals surface area contributed by atoms with Crippen LogP contribution in [-0.2, 0) is 5.41 Å². The molecule has 194 valence electrons. The molecule has 1 atom stereocenters. The largest absolute Gasteiger partial charge is 0.339 e. The molecule has 1 unspecified atom stereocenters. The van der Waals surface area contributed by atoms with Gasteiger partial charge in [-0.2, -0.15) is 0 Å². The van der Waals surface area contributed by atoms with E-state index in [0.717, 1.165) is 60.4 Å². The predicted octanol–water partition coefficient (Wildman–Crippen LogP) is 7.67. The van der Waals surface area contributed by atoms with Crippen LogP contribution in [0.25, 0.3) is 0 Å². The maximum absolute atomic E-state index is 13.4. The van der Waals surface area contributed by atoms with Gasteiger partial charge in [0.2, 0.25) is 0 Å². The van der Waals surface area contributed by atoms with Crippen LogP contribution in [0, 0.1) is 5.92 Å². The van der Waals surface area contributed by atoms with E-state index in [0.29, 0.717) is 5.92 Å². The van der Waals surface area contributed by atoms with Gasteiger partial charge < -0.3 is 4.90 Å². The third-order valence-electron chi connectivity index (χ3n) is 7.90. The molecule has 6 heteroatoms. The fourth-order valence-corrected chi connectivity index (χ4v) is 6.98. The van der Waals surface area contributed by atoms with Crippen molar-refractivity contribution >= 4 is 39.5 Å². The lowest BCUT2D eigenvalue weighted by Gasteiger charge is -2.42. The van der Waals surface area contributed by atoms with E-state index >= 15 is 0 Å². The van der Waals surface area contributed by atoms with E-state index in [1.54, 1.807) is 11.9 Å². The minimum atomic E-state index is 0.0900. The van der Waals surface area contributed by atoms with Gasteiger partial charge in [-0.15, -0.1) is 0 Å². The van der Waals surface area contributed by atoms with Gasteiger partial charge in [0, 0.05) is 52.2 Å². The highest BCUT2D eigenvalue weighted by atomic mass is 79.9. The van der Waals surface area contributed by atoms with Gasteiger partial charge in [0.25, 0.3) is 5.91 Å². The Kier molecular flexibility index (Phi) is 10.1. The summed E-state index contributed by atoms with van der Waals surface area (Å²) in [5, 5.41) is 0. The summed E-state index contributed by atoms with van der Waals surface area (Å²) in [4.78, 5) is 21.7. The molecule has 36 heavy (non-hydrogen) atoms. The lowest BCUT2D eigenvalue weighted by molar-refractivity contribution is 0.0660. The van der Waals surface area contributed by atoms with Crippen LogP contribution in [0.4, 0.5) is 0 Å². The van der Waals surface area contributed by atoms with Crippen molar-refractivity contribution < 1.29 is 4.79 Å². The fourth-order valence-electron chi connectivity index (χ4n) is 5.84. The van der Waals surface area contributed by atoms with Gasteiger partial charge in [-0.05, 0) is 103 Å². The average Bonchev–Trinajstić information content (AvgIpc) is 3.36. The molecular formula is C30H40BrN3OS. The number of carbonyl (C=O) groups is 1. The van der Waals surface area contributed by atoms with Crippen molar-refractivity contribution in [1.82, 2.24) is 9.62 Å². The van der Waals surface area contributed by atoms with Crippen molar-refractivity contribution in [2.24, 2.45) is 10.9 Å². The van der Waals surface area contributed by atoms with Gasteiger partial charge in [0.05, 0.1) is 0 Å².